The Bertz CT molecular complexity index is 588. The summed E-state index contributed by atoms with van der Waals surface area (Å²) in [5, 5.41) is 2.43. The standard InChI is InChI=1S/C13H11ClN2.ClH/c1-16-11-7-3-5-9-4-2-6-10(13(9)11)15-12(16)8-14;/h2-7H,8H2,1H3;1H. The van der Waals surface area contributed by atoms with Gasteiger partial charge in [-0.1, -0.05) is 24.3 Å². The van der Waals surface area contributed by atoms with Crippen LogP contribution in [-0.4, -0.2) is 18.8 Å². The van der Waals surface area contributed by atoms with E-state index in [2.05, 4.69) is 34.2 Å². The van der Waals surface area contributed by atoms with Crippen LogP contribution in [0.15, 0.2) is 41.4 Å². The Hall–Kier alpha value is -1.25. The van der Waals surface area contributed by atoms with Gasteiger partial charge in [-0.15, -0.1) is 24.0 Å². The van der Waals surface area contributed by atoms with Crippen molar-refractivity contribution >= 4 is 52.0 Å². The molecule has 0 atom stereocenters. The molecule has 0 N–H and O–H groups in total. The van der Waals surface area contributed by atoms with Gasteiger partial charge >= 0.3 is 0 Å². The number of amidine groups is 1. The van der Waals surface area contributed by atoms with Crippen molar-refractivity contribution in [2.75, 3.05) is 17.8 Å². The maximum Gasteiger partial charge on any atom is 0.124 e. The van der Waals surface area contributed by atoms with Gasteiger partial charge in [0.15, 0.2) is 0 Å². The van der Waals surface area contributed by atoms with Crippen LogP contribution < -0.4 is 4.90 Å². The predicted molar refractivity (Wildman–Crippen MR) is 77.4 cm³/mol. The van der Waals surface area contributed by atoms with Crippen molar-refractivity contribution < 1.29 is 0 Å². The summed E-state index contributed by atoms with van der Waals surface area (Å²) in [6, 6.07) is 12.4. The quantitative estimate of drug-likeness (QED) is 0.713. The normalized spacial score (nSPS) is 13.3. The van der Waals surface area contributed by atoms with E-state index >= 15 is 0 Å². The predicted octanol–water partition coefficient (Wildman–Crippen LogP) is 3.98. The molecule has 3 rings (SSSR count). The van der Waals surface area contributed by atoms with Crippen LogP contribution in [0.25, 0.3) is 10.8 Å². The van der Waals surface area contributed by atoms with Crippen LogP contribution in [0.2, 0.25) is 0 Å². The third-order valence-electron chi connectivity index (χ3n) is 2.98. The maximum atomic E-state index is 5.90. The van der Waals surface area contributed by atoms with Crippen LogP contribution in [0.3, 0.4) is 0 Å². The average Bonchev–Trinajstić information content (AvgIpc) is 2.33. The molecule has 88 valence electrons. The Morgan fingerprint density at radius 1 is 1.18 bits per heavy atom. The van der Waals surface area contributed by atoms with E-state index < -0.39 is 0 Å². The fourth-order valence-corrected chi connectivity index (χ4v) is 2.39. The van der Waals surface area contributed by atoms with Gasteiger partial charge in [-0.25, -0.2) is 4.99 Å². The first kappa shape index (κ1) is 12.2. The van der Waals surface area contributed by atoms with Crippen LogP contribution in [0.1, 0.15) is 0 Å². The third-order valence-corrected chi connectivity index (χ3v) is 3.22. The SMILES string of the molecule is CN1C(CCl)=Nc2cccc3cccc1c23.Cl. The Morgan fingerprint density at radius 3 is 2.59 bits per heavy atom. The number of rotatable bonds is 1. The van der Waals surface area contributed by atoms with Crippen molar-refractivity contribution in [2.24, 2.45) is 4.99 Å². The molecule has 0 spiro atoms. The van der Waals surface area contributed by atoms with E-state index in [9.17, 15) is 0 Å². The van der Waals surface area contributed by atoms with Crippen molar-refractivity contribution in [1.29, 1.82) is 0 Å². The largest absolute Gasteiger partial charge is 0.331 e. The highest BCUT2D eigenvalue weighted by Gasteiger charge is 2.18. The molecule has 1 aliphatic heterocycles. The first-order valence-corrected chi connectivity index (χ1v) is 5.74. The van der Waals surface area contributed by atoms with Gasteiger partial charge < -0.3 is 4.90 Å². The van der Waals surface area contributed by atoms with E-state index in [0.29, 0.717) is 5.88 Å². The van der Waals surface area contributed by atoms with E-state index in [1.807, 2.05) is 19.2 Å². The van der Waals surface area contributed by atoms with Crippen LogP contribution in [0, 0.1) is 0 Å². The van der Waals surface area contributed by atoms with E-state index in [1.165, 1.54) is 16.5 Å². The summed E-state index contributed by atoms with van der Waals surface area (Å²) in [6.07, 6.45) is 0. The summed E-state index contributed by atoms with van der Waals surface area (Å²) in [4.78, 5) is 6.63. The van der Waals surface area contributed by atoms with Crippen molar-refractivity contribution in [1.82, 2.24) is 0 Å². The lowest BCUT2D eigenvalue weighted by Crippen LogP contribution is -2.29. The topological polar surface area (TPSA) is 15.6 Å². The zero-order valence-electron chi connectivity index (χ0n) is 9.35. The van der Waals surface area contributed by atoms with E-state index in [4.69, 9.17) is 11.6 Å². The number of anilines is 1. The molecule has 2 nitrogen and oxygen atoms in total. The van der Waals surface area contributed by atoms with E-state index in [1.54, 1.807) is 0 Å². The summed E-state index contributed by atoms with van der Waals surface area (Å²) in [7, 11) is 2.01. The van der Waals surface area contributed by atoms with Gasteiger partial charge in [0.1, 0.15) is 5.84 Å². The number of hydrogen-bond donors (Lipinski definition) is 0. The third kappa shape index (κ3) is 1.78. The summed E-state index contributed by atoms with van der Waals surface area (Å²) >= 11 is 5.90. The lowest BCUT2D eigenvalue weighted by Gasteiger charge is -2.26. The van der Waals surface area contributed by atoms with Gasteiger partial charge in [0.2, 0.25) is 0 Å². The smallest absolute Gasteiger partial charge is 0.124 e. The average molecular weight is 267 g/mol. The fourth-order valence-electron chi connectivity index (χ4n) is 2.15. The molecule has 17 heavy (non-hydrogen) atoms. The molecule has 0 amide bonds. The molecule has 0 unspecified atom stereocenters. The van der Waals surface area contributed by atoms with E-state index in [-0.39, 0.29) is 12.4 Å². The molecule has 0 bridgehead atoms. The molecular weight excluding hydrogens is 255 g/mol. The molecule has 0 saturated heterocycles. The molecule has 2 aromatic carbocycles. The minimum atomic E-state index is 0. The van der Waals surface area contributed by atoms with Gasteiger partial charge in [-0.2, -0.15) is 0 Å². The lowest BCUT2D eigenvalue weighted by atomic mass is 10.0. The maximum absolute atomic E-state index is 5.90. The zero-order chi connectivity index (χ0) is 11.1. The molecule has 0 aromatic heterocycles. The summed E-state index contributed by atoms with van der Waals surface area (Å²) in [6.45, 7) is 0. The Labute approximate surface area is 111 Å². The molecule has 4 heteroatoms. The lowest BCUT2D eigenvalue weighted by molar-refractivity contribution is 1.23. The van der Waals surface area contributed by atoms with Crippen LogP contribution >= 0.6 is 24.0 Å². The summed E-state index contributed by atoms with van der Waals surface area (Å²) in [5.41, 5.74) is 2.20. The number of halogens is 2. The van der Waals surface area contributed by atoms with Gasteiger partial charge in [-0.05, 0) is 17.5 Å². The molecule has 0 radical (unpaired) electrons. The van der Waals surface area contributed by atoms with Crippen molar-refractivity contribution in [2.45, 2.75) is 0 Å². The number of alkyl halides is 1. The summed E-state index contributed by atoms with van der Waals surface area (Å²) in [5.74, 6) is 1.33. The highest BCUT2D eigenvalue weighted by atomic mass is 35.5. The molecule has 0 fully saturated rings. The van der Waals surface area contributed by atoms with Crippen LogP contribution in [0.5, 0.6) is 0 Å². The second-order valence-corrected chi connectivity index (χ2v) is 4.14. The first-order chi connectivity index (χ1) is 7.81. The monoisotopic (exact) mass is 266 g/mol. The highest BCUT2D eigenvalue weighted by Crippen LogP contribution is 2.37. The number of benzene rings is 2. The van der Waals surface area contributed by atoms with Crippen LogP contribution in [-0.2, 0) is 0 Å². The number of aliphatic imine (C=N–C) groups is 1. The molecular formula is C13H12Cl2N2. The minimum absolute atomic E-state index is 0. The van der Waals surface area contributed by atoms with Crippen molar-refractivity contribution in [3.05, 3.63) is 36.4 Å². The van der Waals surface area contributed by atoms with E-state index in [0.717, 1.165) is 11.5 Å². The highest BCUT2D eigenvalue weighted by molar-refractivity contribution is 6.32. The van der Waals surface area contributed by atoms with Crippen molar-refractivity contribution in [3.8, 4) is 0 Å². The molecule has 1 heterocycles. The van der Waals surface area contributed by atoms with Gasteiger partial charge in [0.05, 0.1) is 17.3 Å². The Balaban J connectivity index is 0.00000108. The van der Waals surface area contributed by atoms with Gasteiger partial charge in [0.25, 0.3) is 0 Å². The molecule has 2 aromatic rings. The fraction of sp³-hybridized carbons (Fsp3) is 0.154. The second-order valence-electron chi connectivity index (χ2n) is 3.87. The molecule has 0 aliphatic carbocycles. The number of hydrogen-bond acceptors (Lipinski definition) is 2. The Kier molecular flexibility index (Phi) is 3.27. The van der Waals surface area contributed by atoms with Gasteiger partial charge in [-0.3, -0.25) is 0 Å². The summed E-state index contributed by atoms with van der Waals surface area (Å²) < 4.78 is 0. The van der Waals surface area contributed by atoms with Crippen molar-refractivity contribution in [3.63, 3.8) is 0 Å². The van der Waals surface area contributed by atoms with Gasteiger partial charge in [0, 0.05) is 12.4 Å². The number of nitrogens with zero attached hydrogens (tertiary/aromatic N) is 2. The first-order valence-electron chi connectivity index (χ1n) is 5.20. The molecule has 0 saturated carbocycles. The zero-order valence-corrected chi connectivity index (χ0v) is 10.9. The molecule has 1 aliphatic rings. The Morgan fingerprint density at radius 2 is 1.88 bits per heavy atom. The second kappa shape index (κ2) is 4.55. The van der Waals surface area contributed by atoms with Crippen LogP contribution in [0.4, 0.5) is 11.4 Å². The minimum Gasteiger partial charge on any atom is -0.331 e.